The second-order valence-corrected chi connectivity index (χ2v) is 21.5. The monoisotopic (exact) mass is 1000 g/mol. The van der Waals surface area contributed by atoms with E-state index in [1.165, 1.54) is 238 Å². The lowest BCUT2D eigenvalue weighted by molar-refractivity contribution is -0.302. The Morgan fingerprint density at radius 3 is 1.18 bits per heavy atom. The molecule has 0 aliphatic carbocycles. The molecule has 7 unspecified atom stereocenters. The number of aliphatic hydroxyl groups excluding tert-OH is 5. The number of amides is 1. The minimum Gasteiger partial charge on any atom is -0.394 e. The van der Waals surface area contributed by atoms with Crippen LogP contribution >= 0.6 is 0 Å². The maximum absolute atomic E-state index is 13.0. The van der Waals surface area contributed by atoms with E-state index in [1.807, 2.05) is 6.08 Å². The van der Waals surface area contributed by atoms with Gasteiger partial charge in [0.1, 0.15) is 24.4 Å². The highest BCUT2D eigenvalue weighted by atomic mass is 16.7. The second-order valence-electron chi connectivity index (χ2n) is 21.5. The number of rotatable bonds is 53. The Morgan fingerprint density at radius 1 is 0.465 bits per heavy atom. The molecule has 0 aromatic rings. The lowest BCUT2D eigenvalue weighted by Gasteiger charge is -2.40. The molecule has 1 amide bonds. The first-order valence-corrected chi connectivity index (χ1v) is 30.7. The van der Waals surface area contributed by atoms with E-state index < -0.39 is 49.5 Å². The molecule has 1 saturated heterocycles. The van der Waals surface area contributed by atoms with E-state index in [1.54, 1.807) is 6.08 Å². The van der Waals surface area contributed by atoms with Crippen LogP contribution in [0.3, 0.4) is 0 Å². The van der Waals surface area contributed by atoms with Gasteiger partial charge >= 0.3 is 0 Å². The third-order valence-electron chi connectivity index (χ3n) is 14.7. The van der Waals surface area contributed by atoms with Crippen LogP contribution in [0.4, 0.5) is 0 Å². The van der Waals surface area contributed by atoms with Gasteiger partial charge in [0.15, 0.2) is 6.29 Å². The smallest absolute Gasteiger partial charge is 0.220 e. The molecule has 418 valence electrons. The van der Waals surface area contributed by atoms with Crippen molar-refractivity contribution in [2.45, 2.75) is 339 Å². The topological polar surface area (TPSA) is 149 Å². The summed E-state index contributed by atoms with van der Waals surface area (Å²) in [6.07, 6.45) is 61.1. The van der Waals surface area contributed by atoms with E-state index in [-0.39, 0.29) is 12.5 Å². The summed E-state index contributed by atoms with van der Waals surface area (Å²) >= 11 is 0. The summed E-state index contributed by atoms with van der Waals surface area (Å²) in [5.41, 5.74) is 0. The van der Waals surface area contributed by atoms with Crippen molar-refractivity contribution < 1.29 is 39.8 Å². The molecule has 1 aliphatic rings. The number of ether oxygens (including phenoxy) is 2. The van der Waals surface area contributed by atoms with E-state index in [0.717, 1.165) is 38.5 Å². The number of carbonyl (C=O) groups is 1. The quantitative estimate of drug-likeness (QED) is 0.0261. The molecule has 1 aliphatic heterocycles. The van der Waals surface area contributed by atoms with Gasteiger partial charge in [-0.1, -0.05) is 269 Å². The number of allylic oxidation sites excluding steroid dienone is 5. The van der Waals surface area contributed by atoms with Gasteiger partial charge in [0.2, 0.25) is 5.91 Å². The van der Waals surface area contributed by atoms with Crippen molar-refractivity contribution >= 4 is 5.91 Å². The van der Waals surface area contributed by atoms with Crippen LogP contribution in [0.2, 0.25) is 0 Å². The number of hydrogen-bond donors (Lipinski definition) is 6. The molecule has 0 spiro atoms. The summed E-state index contributed by atoms with van der Waals surface area (Å²) in [6, 6.07) is -0.819. The molecule has 1 fully saturated rings. The fourth-order valence-corrected chi connectivity index (χ4v) is 9.82. The summed E-state index contributed by atoms with van der Waals surface area (Å²) in [5, 5.41) is 54.4. The first-order chi connectivity index (χ1) is 34.8. The van der Waals surface area contributed by atoms with E-state index in [0.29, 0.717) is 6.42 Å². The Balaban J connectivity index is 2.08. The average Bonchev–Trinajstić information content (AvgIpc) is 3.37. The third kappa shape index (κ3) is 41.4. The van der Waals surface area contributed by atoms with Crippen molar-refractivity contribution in [1.82, 2.24) is 5.32 Å². The van der Waals surface area contributed by atoms with E-state index in [9.17, 15) is 30.3 Å². The fourth-order valence-electron chi connectivity index (χ4n) is 9.82. The number of aliphatic hydroxyl groups is 5. The Morgan fingerprint density at radius 2 is 0.803 bits per heavy atom. The summed E-state index contributed by atoms with van der Waals surface area (Å²) in [7, 11) is 0. The van der Waals surface area contributed by atoms with Gasteiger partial charge in [0, 0.05) is 6.42 Å². The molecule has 71 heavy (non-hydrogen) atoms. The van der Waals surface area contributed by atoms with E-state index in [4.69, 9.17) is 9.47 Å². The number of unbranched alkanes of at least 4 members (excludes halogenated alkanes) is 39. The molecule has 0 saturated carbocycles. The zero-order valence-electron chi connectivity index (χ0n) is 46.5. The van der Waals surface area contributed by atoms with Gasteiger partial charge in [-0.25, -0.2) is 0 Å². The highest BCUT2D eigenvalue weighted by Crippen LogP contribution is 2.23. The second kappa shape index (κ2) is 51.9. The zero-order valence-corrected chi connectivity index (χ0v) is 46.5. The van der Waals surface area contributed by atoms with Gasteiger partial charge in [0.25, 0.3) is 0 Å². The van der Waals surface area contributed by atoms with Crippen molar-refractivity contribution in [3.63, 3.8) is 0 Å². The minimum atomic E-state index is -1.57. The Hall–Kier alpha value is -1.59. The third-order valence-corrected chi connectivity index (χ3v) is 14.7. The normalized spacial score (nSPS) is 19.5. The van der Waals surface area contributed by atoms with Gasteiger partial charge in [-0.15, -0.1) is 0 Å². The largest absolute Gasteiger partial charge is 0.394 e. The maximum atomic E-state index is 13.0. The van der Waals surface area contributed by atoms with Crippen molar-refractivity contribution in [3.8, 4) is 0 Å². The Bertz CT molecular complexity index is 1210. The number of carbonyl (C=O) groups excluding carboxylic acids is 1. The van der Waals surface area contributed by atoms with Crippen LogP contribution in [0.5, 0.6) is 0 Å². The van der Waals surface area contributed by atoms with E-state index in [2.05, 4.69) is 43.5 Å². The predicted molar refractivity (Wildman–Crippen MR) is 300 cm³/mol. The molecular weight excluding hydrogens is 887 g/mol. The van der Waals surface area contributed by atoms with Crippen molar-refractivity contribution in [2.75, 3.05) is 13.2 Å². The molecule has 0 bridgehead atoms. The molecule has 0 radical (unpaired) electrons. The van der Waals surface area contributed by atoms with Crippen LogP contribution in [0.1, 0.15) is 296 Å². The minimum absolute atomic E-state index is 0.183. The lowest BCUT2D eigenvalue weighted by Crippen LogP contribution is -2.60. The first-order valence-electron chi connectivity index (χ1n) is 30.7. The summed E-state index contributed by atoms with van der Waals surface area (Å²) in [5.74, 6) is -0.183. The van der Waals surface area contributed by atoms with E-state index >= 15 is 0 Å². The summed E-state index contributed by atoms with van der Waals surface area (Å²) in [4.78, 5) is 13.0. The molecule has 1 rings (SSSR count). The van der Waals surface area contributed by atoms with Crippen molar-refractivity contribution in [1.29, 1.82) is 0 Å². The molecule has 7 atom stereocenters. The lowest BCUT2D eigenvalue weighted by atomic mass is 9.99. The van der Waals surface area contributed by atoms with Crippen LogP contribution in [0.15, 0.2) is 36.5 Å². The number of nitrogens with one attached hydrogen (secondary N) is 1. The summed E-state index contributed by atoms with van der Waals surface area (Å²) < 4.78 is 11.2. The van der Waals surface area contributed by atoms with Crippen LogP contribution in [0.25, 0.3) is 0 Å². The number of hydrogen-bond acceptors (Lipinski definition) is 8. The highest BCUT2D eigenvalue weighted by molar-refractivity contribution is 5.76. The first kappa shape index (κ1) is 67.4. The standard InChI is InChI=1S/C62H117NO8/c1-3-5-7-9-11-13-15-17-18-19-20-21-22-23-24-25-26-27-28-29-30-31-32-33-34-35-36-37-38-40-42-44-46-48-50-52-58(66)63-55(54-70-62-61(69)60(68)59(67)57(53-64)71-62)56(65)51-49-47-45-43-41-39-16-14-12-10-8-6-4-2/h25-26,41,43,49,51,55-57,59-62,64-65,67-69H,3-24,27-40,42,44-48,50,52-54H2,1-2H3,(H,63,66)/b26-25-,43-41+,51-49+. The molecule has 9 heteroatoms. The molecule has 1 heterocycles. The molecule has 6 N–H and O–H groups in total. The maximum Gasteiger partial charge on any atom is 0.220 e. The van der Waals surface area contributed by atoms with Gasteiger partial charge < -0.3 is 40.3 Å². The fraction of sp³-hybridized carbons (Fsp3) is 0.887. The van der Waals surface area contributed by atoms with Crippen LogP contribution in [-0.2, 0) is 14.3 Å². The van der Waals surface area contributed by atoms with Crippen molar-refractivity contribution in [2.24, 2.45) is 0 Å². The van der Waals surface area contributed by atoms with Crippen molar-refractivity contribution in [3.05, 3.63) is 36.5 Å². The van der Waals surface area contributed by atoms with Crippen LogP contribution in [0, 0.1) is 0 Å². The predicted octanol–water partition coefficient (Wildman–Crippen LogP) is 15.5. The van der Waals surface area contributed by atoms with Gasteiger partial charge in [-0.2, -0.15) is 0 Å². The molecule has 0 aromatic heterocycles. The van der Waals surface area contributed by atoms with Crippen LogP contribution < -0.4 is 5.32 Å². The van der Waals surface area contributed by atoms with Gasteiger partial charge in [-0.3, -0.25) is 4.79 Å². The van der Waals surface area contributed by atoms with Crippen LogP contribution in [-0.4, -0.2) is 87.5 Å². The zero-order chi connectivity index (χ0) is 51.5. The van der Waals surface area contributed by atoms with Gasteiger partial charge in [-0.05, 0) is 57.8 Å². The highest BCUT2D eigenvalue weighted by Gasteiger charge is 2.44. The summed E-state index contributed by atoms with van der Waals surface area (Å²) in [6.45, 7) is 3.77. The Kier molecular flexibility index (Phi) is 49.3. The Labute approximate surface area is 438 Å². The SMILES string of the molecule is CCCCCCCCC/C=C/CC/C=C/C(O)C(COC1OC(CO)C(O)C(O)C1O)NC(=O)CCCCCCCCCCCCCCCCCCC/C=C\CCCCCCCCCCCCCCCC. The van der Waals surface area contributed by atoms with Gasteiger partial charge in [0.05, 0.1) is 25.4 Å². The average molecular weight is 1000 g/mol. The molecular formula is C62H117NO8. The molecule has 9 nitrogen and oxygen atoms in total. The molecule has 0 aromatic carbocycles.